The summed E-state index contributed by atoms with van der Waals surface area (Å²) in [5.41, 5.74) is 0.0410. The van der Waals surface area contributed by atoms with E-state index in [-0.39, 0.29) is 22.8 Å². The highest BCUT2D eigenvalue weighted by Gasteiger charge is 2.49. The summed E-state index contributed by atoms with van der Waals surface area (Å²) in [5.74, 6) is -1.17. The molecule has 30 heavy (non-hydrogen) atoms. The van der Waals surface area contributed by atoms with Crippen molar-refractivity contribution in [2.75, 3.05) is 0 Å². The number of hydrogen-bond donors (Lipinski definition) is 4. The molecule has 0 unspecified atom stereocenters. The minimum absolute atomic E-state index is 0.0200. The zero-order valence-electron chi connectivity index (χ0n) is 17.4. The van der Waals surface area contributed by atoms with E-state index < -0.39 is 11.4 Å². The van der Waals surface area contributed by atoms with Crippen molar-refractivity contribution in [3.63, 3.8) is 0 Å². The van der Waals surface area contributed by atoms with Gasteiger partial charge in [0.25, 0.3) is 6.47 Å². The van der Waals surface area contributed by atoms with Gasteiger partial charge in [0.2, 0.25) is 0 Å². The Hall–Kier alpha value is -2.44. The van der Waals surface area contributed by atoms with Gasteiger partial charge in [-0.1, -0.05) is 12.8 Å². The summed E-state index contributed by atoms with van der Waals surface area (Å²) >= 11 is 0. The van der Waals surface area contributed by atoms with E-state index in [4.69, 9.17) is 4.74 Å². The number of carboxylic acids is 1. The van der Waals surface area contributed by atoms with Crippen LogP contribution in [0, 0.1) is 5.41 Å². The number of carbonyl (C=O) groups excluding carboxylic acids is 1. The molecule has 0 spiro atoms. The van der Waals surface area contributed by atoms with Gasteiger partial charge < -0.3 is 25.2 Å². The maximum absolute atomic E-state index is 11.2. The molecule has 4 N–H and O–H groups in total. The second-order valence-electron chi connectivity index (χ2n) is 8.98. The quantitative estimate of drug-likeness (QED) is 0.154. The van der Waals surface area contributed by atoms with Crippen molar-refractivity contribution < 1.29 is 34.8 Å². The third-order valence-corrected chi connectivity index (χ3v) is 6.76. The lowest BCUT2D eigenvalue weighted by atomic mass is 9.96. The lowest BCUT2D eigenvalue weighted by Gasteiger charge is -2.15. The zero-order chi connectivity index (χ0) is 21.8. The molecular weight excluding hydrogens is 388 g/mol. The van der Waals surface area contributed by atoms with E-state index in [0.29, 0.717) is 43.3 Å². The number of carboxylic acid groups (broad SMARTS) is 1. The summed E-state index contributed by atoms with van der Waals surface area (Å²) in [6.07, 6.45) is 9.59. The Morgan fingerprint density at radius 2 is 1.60 bits per heavy atom. The molecule has 7 heteroatoms. The number of carbonyl (C=O) groups is 2. The number of rotatable bonds is 14. The average molecular weight is 421 g/mol. The molecule has 0 bridgehead atoms. The predicted molar refractivity (Wildman–Crippen MR) is 110 cm³/mol. The molecule has 1 aromatic carbocycles. The Balaban J connectivity index is 1.44. The van der Waals surface area contributed by atoms with E-state index in [9.17, 15) is 30.0 Å². The third kappa shape index (κ3) is 5.18. The third-order valence-electron chi connectivity index (χ3n) is 6.76. The first kappa shape index (κ1) is 22.2. The molecule has 0 atom stereocenters. The molecular formula is C23H32O7. The number of benzene rings is 1. The summed E-state index contributed by atoms with van der Waals surface area (Å²) in [6.45, 7) is 0.498. The van der Waals surface area contributed by atoms with Crippen LogP contribution < -0.4 is 0 Å². The van der Waals surface area contributed by atoms with Crippen LogP contribution in [-0.4, -0.2) is 38.5 Å². The van der Waals surface area contributed by atoms with Crippen LogP contribution in [0.1, 0.15) is 81.8 Å². The molecule has 2 fully saturated rings. The van der Waals surface area contributed by atoms with Gasteiger partial charge in [-0.05, 0) is 76.7 Å². The van der Waals surface area contributed by atoms with Crippen LogP contribution in [-0.2, 0) is 27.2 Å². The summed E-state index contributed by atoms with van der Waals surface area (Å²) in [7, 11) is 0. The topological polar surface area (TPSA) is 124 Å². The van der Waals surface area contributed by atoms with Crippen molar-refractivity contribution in [1.29, 1.82) is 0 Å². The van der Waals surface area contributed by atoms with E-state index in [1.54, 1.807) is 0 Å². The smallest absolute Gasteiger partial charge is 0.309 e. The van der Waals surface area contributed by atoms with Crippen LogP contribution in [0.3, 0.4) is 0 Å². The van der Waals surface area contributed by atoms with E-state index in [0.717, 1.165) is 57.8 Å². The van der Waals surface area contributed by atoms with Crippen molar-refractivity contribution in [3.8, 4) is 17.2 Å². The van der Waals surface area contributed by atoms with Gasteiger partial charge in [-0.15, -0.1) is 0 Å². The number of phenolic OH excluding ortho intramolecular Hbond substituents is 3. The van der Waals surface area contributed by atoms with Crippen molar-refractivity contribution in [3.05, 3.63) is 17.2 Å². The van der Waals surface area contributed by atoms with Gasteiger partial charge in [0.1, 0.15) is 11.4 Å². The number of aromatic hydroxyl groups is 3. The van der Waals surface area contributed by atoms with E-state index in [2.05, 4.69) is 0 Å². The van der Waals surface area contributed by atoms with Crippen molar-refractivity contribution in [1.82, 2.24) is 0 Å². The van der Waals surface area contributed by atoms with E-state index >= 15 is 0 Å². The largest absolute Gasteiger partial charge is 0.508 e. The first-order valence-corrected chi connectivity index (χ1v) is 10.9. The van der Waals surface area contributed by atoms with Gasteiger partial charge in [0.05, 0.1) is 5.41 Å². The molecule has 0 aliphatic heterocycles. The monoisotopic (exact) mass is 420 g/mol. The normalized spacial score (nSPS) is 18.0. The Morgan fingerprint density at radius 3 is 2.20 bits per heavy atom. The summed E-state index contributed by atoms with van der Waals surface area (Å²) < 4.78 is 5.12. The van der Waals surface area contributed by atoms with Crippen LogP contribution in [0.25, 0.3) is 0 Å². The number of ether oxygens (including phenoxy) is 1. The Kier molecular flexibility index (Phi) is 6.78. The first-order chi connectivity index (χ1) is 14.3. The van der Waals surface area contributed by atoms with Crippen LogP contribution in [0.5, 0.6) is 17.2 Å². The van der Waals surface area contributed by atoms with Crippen molar-refractivity contribution >= 4 is 12.4 Å². The Morgan fingerprint density at radius 1 is 0.933 bits per heavy atom. The molecule has 0 saturated heterocycles. The average Bonchev–Trinajstić information content (AvgIpc) is 3.62. The number of phenols is 3. The van der Waals surface area contributed by atoms with E-state index in [1.165, 1.54) is 6.07 Å². The molecule has 0 aromatic heterocycles. The number of unbranched alkanes of at least 4 members (excludes halogenated alkanes) is 3. The fourth-order valence-electron chi connectivity index (χ4n) is 4.27. The zero-order valence-corrected chi connectivity index (χ0v) is 17.4. The molecule has 3 rings (SSSR count). The maximum atomic E-state index is 11.2. The van der Waals surface area contributed by atoms with E-state index in [1.807, 2.05) is 0 Å². The minimum atomic E-state index is -0.700. The van der Waals surface area contributed by atoms with Gasteiger partial charge >= 0.3 is 5.97 Å². The molecule has 0 heterocycles. The number of aryl methyl sites for hydroxylation is 1. The molecule has 2 saturated carbocycles. The standard InChI is InChI=1S/C23H32O7/c24-15-30-23(12-13-23)9-5-3-7-17-18(25)14-16(19(26)20(17)27)6-2-1-4-8-22(10-11-22)21(28)29/h14-15,25-27H,1-13H2,(H,28,29). The molecule has 0 radical (unpaired) electrons. The minimum Gasteiger partial charge on any atom is -0.508 e. The van der Waals surface area contributed by atoms with Gasteiger partial charge in [0.15, 0.2) is 11.5 Å². The molecule has 166 valence electrons. The predicted octanol–water partition coefficient (Wildman–Crippen LogP) is 4.19. The first-order valence-electron chi connectivity index (χ1n) is 10.9. The molecule has 2 aliphatic rings. The van der Waals surface area contributed by atoms with Crippen LogP contribution in [0.15, 0.2) is 6.07 Å². The maximum Gasteiger partial charge on any atom is 0.309 e. The Bertz CT molecular complexity index is 778. The lowest BCUT2D eigenvalue weighted by Crippen LogP contribution is -2.14. The highest BCUT2D eigenvalue weighted by atomic mass is 16.5. The summed E-state index contributed by atoms with van der Waals surface area (Å²) in [6, 6.07) is 1.52. The fourth-order valence-corrected chi connectivity index (χ4v) is 4.27. The molecule has 0 amide bonds. The Labute approximate surface area is 176 Å². The second-order valence-corrected chi connectivity index (χ2v) is 8.98. The van der Waals surface area contributed by atoms with Crippen LogP contribution in [0.4, 0.5) is 0 Å². The highest BCUT2D eigenvalue weighted by Crippen LogP contribution is 2.50. The molecule has 2 aliphatic carbocycles. The van der Waals surface area contributed by atoms with Crippen molar-refractivity contribution in [2.45, 2.75) is 89.1 Å². The molecule has 7 nitrogen and oxygen atoms in total. The van der Waals surface area contributed by atoms with Crippen molar-refractivity contribution in [2.24, 2.45) is 5.41 Å². The summed E-state index contributed by atoms with van der Waals surface area (Å²) in [4.78, 5) is 21.7. The summed E-state index contributed by atoms with van der Waals surface area (Å²) in [5, 5.41) is 40.2. The van der Waals surface area contributed by atoms with Crippen LogP contribution >= 0.6 is 0 Å². The fraction of sp³-hybridized carbons (Fsp3) is 0.652. The number of aliphatic carboxylic acids is 1. The van der Waals surface area contributed by atoms with Crippen LogP contribution in [0.2, 0.25) is 0 Å². The second kappa shape index (κ2) is 9.14. The van der Waals surface area contributed by atoms with Gasteiger partial charge in [0, 0.05) is 11.1 Å². The van der Waals surface area contributed by atoms with Gasteiger partial charge in [-0.3, -0.25) is 9.59 Å². The van der Waals surface area contributed by atoms with Gasteiger partial charge in [-0.2, -0.15) is 0 Å². The SMILES string of the molecule is O=COC1(CCCCc2c(O)cc(CCCCCC3(C(=O)O)CC3)c(O)c2O)CC1. The number of hydrogen-bond acceptors (Lipinski definition) is 6. The lowest BCUT2D eigenvalue weighted by molar-refractivity contribution is -0.143. The van der Waals surface area contributed by atoms with Gasteiger partial charge in [-0.25, -0.2) is 0 Å². The highest BCUT2D eigenvalue weighted by molar-refractivity contribution is 5.77. The molecule has 1 aromatic rings.